The number of methoxy groups -OCH3 is 1. The zero-order valence-electron chi connectivity index (χ0n) is 11.1. The van der Waals surface area contributed by atoms with Crippen molar-refractivity contribution in [1.29, 1.82) is 0 Å². The van der Waals surface area contributed by atoms with Gasteiger partial charge in [0.05, 0.1) is 18.2 Å². The molecule has 0 aromatic heterocycles. The van der Waals surface area contributed by atoms with Crippen molar-refractivity contribution in [3.8, 4) is 11.5 Å². The van der Waals surface area contributed by atoms with E-state index in [0.717, 1.165) is 0 Å². The molecule has 0 aliphatic rings. The van der Waals surface area contributed by atoms with Crippen LogP contribution in [0.15, 0.2) is 42.5 Å². The number of primary amides is 1. The fraction of sp³-hybridized carbons (Fsp3) is 0.0667. The number of rotatable bonds is 4. The minimum atomic E-state index is -0.698. The van der Waals surface area contributed by atoms with Crippen molar-refractivity contribution < 1.29 is 19.1 Å². The van der Waals surface area contributed by atoms with Gasteiger partial charge in [0.1, 0.15) is 11.5 Å². The summed E-state index contributed by atoms with van der Waals surface area (Å²) in [4.78, 5) is 23.4. The Kier molecular flexibility index (Phi) is 4.45. The molecule has 0 bridgehead atoms. The summed E-state index contributed by atoms with van der Waals surface area (Å²) >= 11 is 5.75. The molecule has 0 saturated carbocycles. The lowest BCUT2D eigenvalue weighted by atomic mass is 10.1. The Morgan fingerprint density at radius 2 is 1.76 bits per heavy atom. The van der Waals surface area contributed by atoms with Crippen LogP contribution in [0.4, 0.5) is 0 Å². The van der Waals surface area contributed by atoms with Gasteiger partial charge < -0.3 is 15.2 Å². The lowest BCUT2D eigenvalue weighted by Crippen LogP contribution is -2.16. The number of nitrogens with two attached hydrogens (primary N) is 1. The zero-order chi connectivity index (χ0) is 15.4. The molecule has 2 rings (SSSR count). The van der Waals surface area contributed by atoms with Crippen molar-refractivity contribution in [2.75, 3.05) is 7.11 Å². The number of halogens is 1. The second kappa shape index (κ2) is 6.28. The van der Waals surface area contributed by atoms with Gasteiger partial charge in [-0.2, -0.15) is 0 Å². The number of carbonyl (C=O) groups is 2. The first-order valence-corrected chi connectivity index (χ1v) is 6.34. The molecule has 0 aliphatic heterocycles. The fourth-order valence-electron chi connectivity index (χ4n) is 1.66. The lowest BCUT2D eigenvalue weighted by Gasteiger charge is -2.09. The van der Waals surface area contributed by atoms with Gasteiger partial charge in [-0.15, -0.1) is 0 Å². The Labute approximate surface area is 126 Å². The first kappa shape index (κ1) is 14.9. The molecule has 21 heavy (non-hydrogen) atoms. The first-order chi connectivity index (χ1) is 10.0. The molecule has 2 aromatic rings. The largest absolute Gasteiger partial charge is 0.497 e. The molecule has 0 spiro atoms. The molecule has 1 amide bonds. The van der Waals surface area contributed by atoms with E-state index in [1.165, 1.54) is 31.4 Å². The Morgan fingerprint density at radius 3 is 2.33 bits per heavy atom. The molecular formula is C15H12ClNO4. The van der Waals surface area contributed by atoms with E-state index in [0.29, 0.717) is 16.3 Å². The third-order valence-corrected chi connectivity index (χ3v) is 2.99. The summed E-state index contributed by atoms with van der Waals surface area (Å²) in [5.41, 5.74) is 5.65. The summed E-state index contributed by atoms with van der Waals surface area (Å²) in [5.74, 6) is -0.834. The van der Waals surface area contributed by atoms with Crippen LogP contribution < -0.4 is 15.2 Å². The Hall–Kier alpha value is -2.53. The minimum Gasteiger partial charge on any atom is -0.497 e. The molecule has 0 radical (unpaired) electrons. The average Bonchev–Trinajstić information content (AvgIpc) is 2.47. The predicted molar refractivity (Wildman–Crippen MR) is 77.9 cm³/mol. The van der Waals surface area contributed by atoms with Crippen LogP contribution in [0.5, 0.6) is 11.5 Å². The molecule has 6 heteroatoms. The van der Waals surface area contributed by atoms with Gasteiger partial charge in [-0.05, 0) is 36.4 Å². The van der Waals surface area contributed by atoms with Crippen molar-refractivity contribution in [3.05, 3.63) is 58.6 Å². The molecule has 5 nitrogen and oxygen atoms in total. The van der Waals surface area contributed by atoms with Gasteiger partial charge in [-0.3, -0.25) is 4.79 Å². The Morgan fingerprint density at radius 1 is 1.10 bits per heavy atom. The average molecular weight is 306 g/mol. The summed E-state index contributed by atoms with van der Waals surface area (Å²) < 4.78 is 10.2. The number of amides is 1. The minimum absolute atomic E-state index is 0.0433. The van der Waals surface area contributed by atoms with Gasteiger partial charge in [0.2, 0.25) is 0 Å². The van der Waals surface area contributed by atoms with Crippen LogP contribution >= 0.6 is 11.6 Å². The number of esters is 1. The molecule has 0 unspecified atom stereocenters. The lowest BCUT2D eigenvalue weighted by molar-refractivity contribution is 0.0732. The smallest absolute Gasteiger partial charge is 0.343 e. The van der Waals surface area contributed by atoms with E-state index in [-0.39, 0.29) is 11.3 Å². The van der Waals surface area contributed by atoms with E-state index in [9.17, 15) is 9.59 Å². The van der Waals surface area contributed by atoms with E-state index in [1.54, 1.807) is 18.2 Å². The first-order valence-electron chi connectivity index (χ1n) is 5.97. The molecule has 0 aliphatic carbocycles. The normalized spacial score (nSPS) is 10.0. The van der Waals surface area contributed by atoms with Crippen LogP contribution in [-0.4, -0.2) is 19.0 Å². The van der Waals surface area contributed by atoms with Gasteiger partial charge in [-0.1, -0.05) is 11.6 Å². The van der Waals surface area contributed by atoms with E-state index < -0.39 is 11.9 Å². The molecule has 0 fully saturated rings. The van der Waals surface area contributed by atoms with Crippen molar-refractivity contribution >= 4 is 23.5 Å². The molecular weight excluding hydrogens is 294 g/mol. The summed E-state index contributed by atoms with van der Waals surface area (Å²) in [7, 11) is 1.46. The molecule has 0 saturated heterocycles. The molecule has 0 atom stereocenters. The van der Waals surface area contributed by atoms with E-state index in [4.69, 9.17) is 26.8 Å². The van der Waals surface area contributed by atoms with Crippen molar-refractivity contribution in [2.24, 2.45) is 5.73 Å². The second-order valence-corrected chi connectivity index (χ2v) is 4.56. The van der Waals surface area contributed by atoms with Crippen LogP contribution in [0.25, 0.3) is 0 Å². The molecule has 0 heterocycles. The van der Waals surface area contributed by atoms with Crippen LogP contribution in [0.1, 0.15) is 20.7 Å². The number of carbonyl (C=O) groups excluding carboxylic acids is 2. The zero-order valence-corrected chi connectivity index (χ0v) is 11.9. The van der Waals surface area contributed by atoms with E-state index in [1.807, 2.05) is 0 Å². The molecule has 2 aromatic carbocycles. The Balaban J connectivity index is 2.31. The maximum absolute atomic E-state index is 12.0. The standard InChI is InChI=1S/C15H12ClNO4/c1-20-11-6-7-12(14(17)18)13(8-11)21-15(19)9-2-4-10(16)5-3-9/h2-8H,1H3,(H2,17,18). The van der Waals surface area contributed by atoms with Crippen LogP contribution in [0, 0.1) is 0 Å². The van der Waals surface area contributed by atoms with E-state index in [2.05, 4.69) is 0 Å². The highest BCUT2D eigenvalue weighted by Crippen LogP contribution is 2.25. The third kappa shape index (κ3) is 3.52. The van der Waals surface area contributed by atoms with E-state index >= 15 is 0 Å². The monoisotopic (exact) mass is 305 g/mol. The van der Waals surface area contributed by atoms with Crippen molar-refractivity contribution in [2.45, 2.75) is 0 Å². The Bertz CT molecular complexity index is 683. The molecule has 2 N–H and O–H groups in total. The number of hydrogen-bond donors (Lipinski definition) is 1. The van der Waals surface area contributed by atoms with Gasteiger partial charge in [0, 0.05) is 11.1 Å². The number of ether oxygens (including phenoxy) is 2. The summed E-state index contributed by atoms with van der Waals surface area (Å²) in [5, 5.41) is 0.505. The highest BCUT2D eigenvalue weighted by Gasteiger charge is 2.15. The maximum Gasteiger partial charge on any atom is 0.343 e. The third-order valence-electron chi connectivity index (χ3n) is 2.74. The van der Waals surface area contributed by atoms with Crippen molar-refractivity contribution in [1.82, 2.24) is 0 Å². The fourth-order valence-corrected chi connectivity index (χ4v) is 1.79. The molecule has 108 valence electrons. The number of benzene rings is 2. The van der Waals surface area contributed by atoms with Crippen LogP contribution in [0.3, 0.4) is 0 Å². The number of hydrogen-bond acceptors (Lipinski definition) is 4. The predicted octanol–water partition coefficient (Wildman–Crippen LogP) is 2.67. The highest BCUT2D eigenvalue weighted by molar-refractivity contribution is 6.30. The summed E-state index contributed by atoms with van der Waals surface area (Å²) in [6, 6.07) is 10.6. The van der Waals surface area contributed by atoms with Crippen molar-refractivity contribution in [3.63, 3.8) is 0 Å². The highest BCUT2D eigenvalue weighted by atomic mass is 35.5. The van der Waals surface area contributed by atoms with Gasteiger partial charge in [0.15, 0.2) is 0 Å². The maximum atomic E-state index is 12.0. The van der Waals surface area contributed by atoms with Crippen LogP contribution in [0.2, 0.25) is 5.02 Å². The van der Waals surface area contributed by atoms with Gasteiger partial charge in [-0.25, -0.2) is 4.79 Å². The summed E-state index contributed by atoms with van der Waals surface area (Å²) in [6.07, 6.45) is 0. The van der Waals surface area contributed by atoms with Gasteiger partial charge in [0.25, 0.3) is 5.91 Å². The summed E-state index contributed by atoms with van der Waals surface area (Å²) in [6.45, 7) is 0. The van der Waals surface area contributed by atoms with Crippen LogP contribution in [-0.2, 0) is 0 Å². The SMILES string of the molecule is COc1ccc(C(N)=O)c(OC(=O)c2ccc(Cl)cc2)c1. The second-order valence-electron chi connectivity index (χ2n) is 4.12. The van der Waals surface area contributed by atoms with Gasteiger partial charge >= 0.3 is 5.97 Å². The topological polar surface area (TPSA) is 78.6 Å². The quantitative estimate of drug-likeness (QED) is 0.696.